The zero-order valence-electron chi connectivity index (χ0n) is 11.5. The Kier molecular flexibility index (Phi) is 6.81. The Bertz CT molecular complexity index is 379. The summed E-state index contributed by atoms with van der Waals surface area (Å²) in [6.45, 7) is -1.18. The number of halogens is 3. The standard InChI is InChI=1S/C14H20F3NO2/c1-19-13-6-3-11(4-7-13)2-5-12(18)8-9-20-10-14(15,16)17/h3-4,6-7,12H,2,5,8-10,18H2,1H3. The molecule has 0 aliphatic rings. The molecule has 114 valence electrons. The highest BCUT2D eigenvalue weighted by Gasteiger charge is 2.27. The normalized spacial score (nSPS) is 13.2. The van der Waals surface area contributed by atoms with Crippen molar-refractivity contribution in [1.82, 2.24) is 0 Å². The van der Waals surface area contributed by atoms with Crippen LogP contribution in [0, 0.1) is 0 Å². The van der Waals surface area contributed by atoms with Crippen molar-refractivity contribution in [2.75, 3.05) is 20.3 Å². The Hall–Kier alpha value is -1.27. The second-order valence-electron chi connectivity index (χ2n) is 4.60. The summed E-state index contributed by atoms with van der Waals surface area (Å²) >= 11 is 0. The molecule has 1 aromatic carbocycles. The predicted octanol–water partition coefficient (Wildman–Crippen LogP) is 2.92. The fourth-order valence-corrected chi connectivity index (χ4v) is 1.71. The van der Waals surface area contributed by atoms with Crippen molar-refractivity contribution < 1.29 is 22.6 Å². The third kappa shape index (κ3) is 7.35. The molecule has 3 nitrogen and oxygen atoms in total. The molecule has 2 N–H and O–H groups in total. The van der Waals surface area contributed by atoms with E-state index in [1.54, 1.807) is 7.11 Å². The number of alkyl halides is 3. The molecule has 0 aliphatic heterocycles. The van der Waals surface area contributed by atoms with Crippen LogP contribution in [-0.4, -0.2) is 32.5 Å². The molecule has 1 atom stereocenters. The van der Waals surface area contributed by atoms with Gasteiger partial charge in [0.05, 0.1) is 7.11 Å². The van der Waals surface area contributed by atoms with Gasteiger partial charge in [-0.25, -0.2) is 0 Å². The van der Waals surface area contributed by atoms with E-state index in [0.717, 1.165) is 17.7 Å². The summed E-state index contributed by atoms with van der Waals surface area (Å²) in [5, 5.41) is 0. The first-order valence-electron chi connectivity index (χ1n) is 6.43. The van der Waals surface area contributed by atoms with Crippen molar-refractivity contribution in [2.45, 2.75) is 31.5 Å². The van der Waals surface area contributed by atoms with Crippen LogP contribution in [0.5, 0.6) is 5.75 Å². The van der Waals surface area contributed by atoms with Gasteiger partial charge in [0.2, 0.25) is 0 Å². The molecule has 0 bridgehead atoms. The van der Waals surface area contributed by atoms with Gasteiger partial charge in [-0.15, -0.1) is 0 Å². The maximum atomic E-state index is 11.8. The highest BCUT2D eigenvalue weighted by Crippen LogP contribution is 2.15. The molecular formula is C14H20F3NO2. The summed E-state index contributed by atoms with van der Waals surface area (Å²) in [6.07, 6.45) is -2.36. The van der Waals surface area contributed by atoms with Crippen molar-refractivity contribution in [3.05, 3.63) is 29.8 Å². The first-order valence-corrected chi connectivity index (χ1v) is 6.43. The molecule has 0 aromatic heterocycles. The molecular weight excluding hydrogens is 271 g/mol. The molecule has 1 rings (SSSR count). The smallest absolute Gasteiger partial charge is 0.411 e. The first-order chi connectivity index (χ1) is 9.40. The fraction of sp³-hybridized carbons (Fsp3) is 0.571. The van der Waals surface area contributed by atoms with Gasteiger partial charge < -0.3 is 15.2 Å². The summed E-state index contributed by atoms with van der Waals surface area (Å²) in [5.74, 6) is 0.790. The van der Waals surface area contributed by atoms with Crippen LogP contribution in [0.4, 0.5) is 13.2 Å². The number of hydrogen-bond acceptors (Lipinski definition) is 3. The van der Waals surface area contributed by atoms with Crippen LogP contribution in [0.15, 0.2) is 24.3 Å². The van der Waals surface area contributed by atoms with Crippen molar-refractivity contribution >= 4 is 0 Å². The van der Waals surface area contributed by atoms with Crippen LogP contribution in [0.3, 0.4) is 0 Å². The van der Waals surface area contributed by atoms with E-state index >= 15 is 0 Å². The summed E-state index contributed by atoms with van der Waals surface area (Å²) < 4.78 is 45.1. The minimum atomic E-state index is -4.27. The monoisotopic (exact) mass is 291 g/mol. The van der Waals surface area contributed by atoms with Gasteiger partial charge in [0.1, 0.15) is 12.4 Å². The number of benzene rings is 1. The summed E-state index contributed by atoms with van der Waals surface area (Å²) in [5.41, 5.74) is 6.96. The molecule has 0 saturated heterocycles. The third-order valence-electron chi connectivity index (χ3n) is 2.86. The van der Waals surface area contributed by atoms with Crippen LogP contribution in [0.1, 0.15) is 18.4 Å². The van der Waals surface area contributed by atoms with E-state index in [1.807, 2.05) is 24.3 Å². The second kappa shape index (κ2) is 8.11. The Morgan fingerprint density at radius 3 is 2.35 bits per heavy atom. The SMILES string of the molecule is COc1ccc(CCC(N)CCOCC(F)(F)F)cc1. The van der Waals surface area contributed by atoms with Gasteiger partial charge in [0.25, 0.3) is 0 Å². The maximum absolute atomic E-state index is 11.8. The Morgan fingerprint density at radius 2 is 1.80 bits per heavy atom. The first kappa shape index (κ1) is 16.8. The zero-order chi connectivity index (χ0) is 15.0. The average Bonchev–Trinajstić information content (AvgIpc) is 2.41. The fourth-order valence-electron chi connectivity index (χ4n) is 1.71. The van der Waals surface area contributed by atoms with E-state index in [0.29, 0.717) is 12.8 Å². The summed E-state index contributed by atoms with van der Waals surface area (Å²) in [4.78, 5) is 0. The van der Waals surface area contributed by atoms with Crippen LogP contribution in [0.25, 0.3) is 0 Å². The van der Waals surface area contributed by atoms with Gasteiger partial charge in [-0.1, -0.05) is 12.1 Å². The van der Waals surface area contributed by atoms with Crippen molar-refractivity contribution in [1.29, 1.82) is 0 Å². The molecule has 0 fully saturated rings. The van der Waals surface area contributed by atoms with E-state index < -0.39 is 12.8 Å². The minimum absolute atomic E-state index is 0.0310. The average molecular weight is 291 g/mol. The number of aryl methyl sites for hydroxylation is 1. The van der Waals surface area contributed by atoms with E-state index in [1.165, 1.54) is 0 Å². The topological polar surface area (TPSA) is 44.5 Å². The van der Waals surface area contributed by atoms with Gasteiger partial charge in [-0.05, 0) is 37.0 Å². The lowest BCUT2D eigenvalue weighted by molar-refractivity contribution is -0.174. The molecule has 1 aromatic rings. The summed E-state index contributed by atoms with van der Waals surface area (Å²) in [6, 6.07) is 7.48. The van der Waals surface area contributed by atoms with E-state index in [9.17, 15) is 13.2 Å². The Labute approximate surface area is 116 Å². The van der Waals surface area contributed by atoms with E-state index in [-0.39, 0.29) is 12.6 Å². The molecule has 20 heavy (non-hydrogen) atoms. The number of nitrogens with two attached hydrogens (primary N) is 1. The van der Waals surface area contributed by atoms with Gasteiger partial charge in [-0.3, -0.25) is 0 Å². The number of ether oxygens (including phenoxy) is 2. The number of hydrogen-bond donors (Lipinski definition) is 1. The van der Waals surface area contributed by atoms with Crippen molar-refractivity contribution in [2.24, 2.45) is 5.73 Å². The molecule has 6 heteroatoms. The molecule has 1 unspecified atom stereocenters. The van der Waals surface area contributed by atoms with Gasteiger partial charge >= 0.3 is 6.18 Å². The summed E-state index contributed by atoms with van der Waals surface area (Å²) in [7, 11) is 1.60. The van der Waals surface area contributed by atoms with E-state index in [4.69, 9.17) is 10.5 Å². The van der Waals surface area contributed by atoms with Crippen LogP contribution in [-0.2, 0) is 11.2 Å². The number of rotatable bonds is 8. The molecule has 0 amide bonds. The molecule has 0 aliphatic carbocycles. The molecule has 0 spiro atoms. The highest BCUT2D eigenvalue weighted by molar-refractivity contribution is 5.27. The molecule has 0 radical (unpaired) electrons. The van der Waals surface area contributed by atoms with E-state index in [2.05, 4.69) is 4.74 Å². The molecule has 0 saturated carbocycles. The Morgan fingerprint density at radius 1 is 1.15 bits per heavy atom. The lowest BCUT2D eigenvalue weighted by Crippen LogP contribution is -2.24. The quantitative estimate of drug-likeness (QED) is 0.749. The van der Waals surface area contributed by atoms with Crippen LogP contribution >= 0.6 is 0 Å². The van der Waals surface area contributed by atoms with Crippen LogP contribution < -0.4 is 10.5 Å². The zero-order valence-corrected chi connectivity index (χ0v) is 11.5. The van der Waals surface area contributed by atoms with Crippen molar-refractivity contribution in [3.63, 3.8) is 0 Å². The minimum Gasteiger partial charge on any atom is -0.497 e. The lowest BCUT2D eigenvalue weighted by Gasteiger charge is -2.13. The Balaban J connectivity index is 2.17. The maximum Gasteiger partial charge on any atom is 0.411 e. The third-order valence-corrected chi connectivity index (χ3v) is 2.86. The largest absolute Gasteiger partial charge is 0.497 e. The van der Waals surface area contributed by atoms with Gasteiger partial charge in [0, 0.05) is 12.6 Å². The second-order valence-corrected chi connectivity index (χ2v) is 4.60. The molecule has 0 heterocycles. The lowest BCUT2D eigenvalue weighted by atomic mass is 10.0. The van der Waals surface area contributed by atoms with Crippen molar-refractivity contribution in [3.8, 4) is 5.75 Å². The predicted molar refractivity (Wildman–Crippen MR) is 70.8 cm³/mol. The van der Waals surface area contributed by atoms with Gasteiger partial charge in [0.15, 0.2) is 0 Å². The highest BCUT2D eigenvalue weighted by atomic mass is 19.4. The van der Waals surface area contributed by atoms with Gasteiger partial charge in [-0.2, -0.15) is 13.2 Å². The number of methoxy groups -OCH3 is 1. The van der Waals surface area contributed by atoms with Crippen LogP contribution in [0.2, 0.25) is 0 Å².